The van der Waals surface area contributed by atoms with Crippen molar-refractivity contribution in [2.75, 3.05) is 11.9 Å². The molecule has 1 amide bonds. The van der Waals surface area contributed by atoms with E-state index in [1.165, 1.54) is 5.56 Å². The molecule has 25 heavy (non-hydrogen) atoms. The molecule has 0 aliphatic rings. The quantitative estimate of drug-likeness (QED) is 0.702. The number of hydrogen-bond acceptors (Lipinski definition) is 2. The Morgan fingerprint density at radius 2 is 1.96 bits per heavy atom. The second kappa shape index (κ2) is 7.43. The highest BCUT2D eigenvalue weighted by atomic mass is 16.5. The van der Waals surface area contributed by atoms with Gasteiger partial charge in [0.05, 0.1) is 12.3 Å². The Morgan fingerprint density at radius 3 is 2.72 bits per heavy atom. The Morgan fingerprint density at radius 1 is 1.16 bits per heavy atom. The number of nitrogens with zero attached hydrogens (tertiary/aromatic N) is 1. The van der Waals surface area contributed by atoms with Crippen LogP contribution in [0.5, 0.6) is 5.75 Å². The van der Waals surface area contributed by atoms with Crippen molar-refractivity contribution in [1.29, 1.82) is 0 Å². The molecule has 1 aromatic heterocycles. The summed E-state index contributed by atoms with van der Waals surface area (Å²) >= 11 is 0. The van der Waals surface area contributed by atoms with E-state index in [0.29, 0.717) is 18.0 Å². The standard InChI is InChI=1S/C21H24N2O2/c1-4-16-10-11-19-17(14-16)12-13-23(19)15(3)21(24)22-18-8-6-7-9-20(18)25-5-2/h6-15H,4-5H2,1-3H3,(H,22,24). The van der Waals surface area contributed by atoms with Crippen molar-refractivity contribution in [1.82, 2.24) is 4.57 Å². The zero-order chi connectivity index (χ0) is 17.8. The van der Waals surface area contributed by atoms with Crippen molar-refractivity contribution in [3.8, 4) is 5.75 Å². The Kier molecular flexibility index (Phi) is 5.08. The summed E-state index contributed by atoms with van der Waals surface area (Å²) in [7, 11) is 0. The lowest BCUT2D eigenvalue weighted by Gasteiger charge is -2.17. The van der Waals surface area contributed by atoms with Crippen molar-refractivity contribution >= 4 is 22.5 Å². The third kappa shape index (κ3) is 3.53. The molecule has 0 saturated heterocycles. The van der Waals surface area contributed by atoms with Crippen LogP contribution < -0.4 is 10.1 Å². The van der Waals surface area contributed by atoms with Crippen LogP contribution in [0.15, 0.2) is 54.7 Å². The van der Waals surface area contributed by atoms with Gasteiger partial charge in [-0.3, -0.25) is 4.79 Å². The Labute approximate surface area is 148 Å². The van der Waals surface area contributed by atoms with Gasteiger partial charge in [0, 0.05) is 11.7 Å². The molecule has 0 saturated carbocycles. The number of amides is 1. The molecule has 0 spiro atoms. The van der Waals surface area contributed by atoms with Gasteiger partial charge in [-0.15, -0.1) is 0 Å². The van der Waals surface area contributed by atoms with Crippen LogP contribution in [0.1, 0.15) is 32.4 Å². The van der Waals surface area contributed by atoms with Crippen LogP contribution in [0.2, 0.25) is 0 Å². The van der Waals surface area contributed by atoms with Gasteiger partial charge in [-0.25, -0.2) is 0 Å². The molecule has 3 rings (SSSR count). The fraction of sp³-hybridized carbons (Fsp3) is 0.286. The summed E-state index contributed by atoms with van der Waals surface area (Å²) in [6, 6.07) is 15.6. The van der Waals surface area contributed by atoms with Gasteiger partial charge in [0.15, 0.2) is 0 Å². The van der Waals surface area contributed by atoms with E-state index in [1.54, 1.807) is 0 Å². The number of rotatable bonds is 6. The minimum Gasteiger partial charge on any atom is -0.492 e. The molecule has 130 valence electrons. The van der Waals surface area contributed by atoms with Gasteiger partial charge >= 0.3 is 0 Å². The summed E-state index contributed by atoms with van der Waals surface area (Å²) in [5.74, 6) is 0.625. The molecule has 1 atom stereocenters. The van der Waals surface area contributed by atoms with Gasteiger partial charge in [-0.1, -0.05) is 25.1 Å². The van der Waals surface area contributed by atoms with Crippen LogP contribution in [0, 0.1) is 0 Å². The van der Waals surface area contributed by atoms with E-state index in [0.717, 1.165) is 17.3 Å². The molecule has 4 heteroatoms. The summed E-state index contributed by atoms with van der Waals surface area (Å²) in [6.45, 7) is 6.54. The molecule has 1 unspecified atom stereocenters. The molecule has 0 radical (unpaired) electrons. The second-order valence-corrected chi connectivity index (χ2v) is 6.06. The maximum atomic E-state index is 12.7. The van der Waals surface area contributed by atoms with Gasteiger partial charge in [-0.2, -0.15) is 0 Å². The zero-order valence-electron chi connectivity index (χ0n) is 15.0. The van der Waals surface area contributed by atoms with Crippen molar-refractivity contribution in [3.63, 3.8) is 0 Å². The average Bonchev–Trinajstić information content (AvgIpc) is 3.05. The number of para-hydroxylation sites is 2. The number of aryl methyl sites for hydroxylation is 1. The Hall–Kier alpha value is -2.75. The molecule has 3 aromatic rings. The van der Waals surface area contributed by atoms with Crippen LogP contribution >= 0.6 is 0 Å². The van der Waals surface area contributed by atoms with E-state index in [9.17, 15) is 4.79 Å². The number of hydrogen-bond donors (Lipinski definition) is 1. The first-order valence-corrected chi connectivity index (χ1v) is 8.76. The third-order valence-corrected chi connectivity index (χ3v) is 4.43. The first-order valence-electron chi connectivity index (χ1n) is 8.76. The van der Waals surface area contributed by atoms with Crippen LogP contribution in [-0.2, 0) is 11.2 Å². The van der Waals surface area contributed by atoms with Gasteiger partial charge in [-0.05, 0) is 61.5 Å². The van der Waals surface area contributed by atoms with Gasteiger partial charge in [0.25, 0.3) is 0 Å². The van der Waals surface area contributed by atoms with Crippen LogP contribution in [0.3, 0.4) is 0 Å². The van der Waals surface area contributed by atoms with Crippen molar-refractivity contribution in [2.24, 2.45) is 0 Å². The lowest BCUT2D eigenvalue weighted by Crippen LogP contribution is -2.23. The van der Waals surface area contributed by atoms with Crippen LogP contribution in [0.25, 0.3) is 10.9 Å². The highest BCUT2D eigenvalue weighted by Crippen LogP contribution is 2.26. The van der Waals surface area contributed by atoms with E-state index in [2.05, 4.69) is 36.5 Å². The van der Waals surface area contributed by atoms with Crippen molar-refractivity contribution in [2.45, 2.75) is 33.2 Å². The van der Waals surface area contributed by atoms with Crippen molar-refractivity contribution in [3.05, 3.63) is 60.3 Å². The second-order valence-electron chi connectivity index (χ2n) is 6.06. The van der Waals surface area contributed by atoms with E-state index in [-0.39, 0.29) is 11.9 Å². The smallest absolute Gasteiger partial charge is 0.247 e. The van der Waals surface area contributed by atoms with E-state index >= 15 is 0 Å². The molecular weight excluding hydrogens is 312 g/mol. The molecule has 0 fully saturated rings. The van der Waals surface area contributed by atoms with E-state index in [1.807, 2.05) is 48.9 Å². The summed E-state index contributed by atoms with van der Waals surface area (Å²) in [5, 5.41) is 4.15. The summed E-state index contributed by atoms with van der Waals surface area (Å²) in [6.07, 6.45) is 2.98. The summed E-state index contributed by atoms with van der Waals surface area (Å²) < 4.78 is 7.59. The predicted octanol–water partition coefficient (Wildman–Crippen LogP) is 4.80. The lowest BCUT2D eigenvalue weighted by molar-refractivity contribution is -0.118. The maximum absolute atomic E-state index is 12.7. The van der Waals surface area contributed by atoms with Gasteiger partial charge < -0.3 is 14.6 Å². The third-order valence-electron chi connectivity index (χ3n) is 4.43. The highest BCUT2D eigenvalue weighted by Gasteiger charge is 2.18. The maximum Gasteiger partial charge on any atom is 0.247 e. The fourth-order valence-corrected chi connectivity index (χ4v) is 2.99. The topological polar surface area (TPSA) is 43.3 Å². The SMILES string of the molecule is CCOc1ccccc1NC(=O)C(C)n1ccc2cc(CC)ccc21. The average molecular weight is 336 g/mol. The first-order chi connectivity index (χ1) is 12.1. The Balaban J connectivity index is 1.84. The normalized spacial score (nSPS) is 12.1. The number of anilines is 1. The number of benzene rings is 2. The molecule has 4 nitrogen and oxygen atoms in total. The fourth-order valence-electron chi connectivity index (χ4n) is 2.99. The lowest BCUT2D eigenvalue weighted by atomic mass is 10.1. The summed E-state index contributed by atoms with van der Waals surface area (Å²) in [4.78, 5) is 12.7. The molecule has 0 bridgehead atoms. The molecule has 0 aliphatic heterocycles. The minimum atomic E-state index is -0.320. The van der Waals surface area contributed by atoms with Crippen LogP contribution in [-0.4, -0.2) is 17.1 Å². The number of aromatic nitrogens is 1. The van der Waals surface area contributed by atoms with E-state index < -0.39 is 0 Å². The molecule has 0 aliphatic carbocycles. The Bertz CT molecular complexity index is 882. The number of nitrogens with one attached hydrogen (secondary N) is 1. The number of carbonyl (C=O) groups is 1. The summed E-state index contributed by atoms with van der Waals surface area (Å²) in [5.41, 5.74) is 3.07. The predicted molar refractivity (Wildman–Crippen MR) is 102 cm³/mol. The van der Waals surface area contributed by atoms with Gasteiger partial charge in [0.1, 0.15) is 11.8 Å². The monoisotopic (exact) mass is 336 g/mol. The number of fused-ring (bicyclic) bond motifs is 1. The van der Waals surface area contributed by atoms with Crippen LogP contribution in [0.4, 0.5) is 5.69 Å². The minimum absolute atomic E-state index is 0.0655. The van der Waals surface area contributed by atoms with Gasteiger partial charge in [0.2, 0.25) is 5.91 Å². The van der Waals surface area contributed by atoms with Crippen molar-refractivity contribution < 1.29 is 9.53 Å². The number of ether oxygens (including phenoxy) is 1. The molecule has 2 aromatic carbocycles. The first kappa shape index (κ1) is 17.1. The molecular formula is C21H24N2O2. The highest BCUT2D eigenvalue weighted by molar-refractivity contribution is 5.96. The largest absolute Gasteiger partial charge is 0.492 e. The molecule has 1 heterocycles. The van der Waals surface area contributed by atoms with E-state index in [4.69, 9.17) is 4.74 Å². The molecule has 1 N–H and O–H groups in total. The zero-order valence-corrected chi connectivity index (χ0v) is 15.0. The number of carbonyl (C=O) groups excluding carboxylic acids is 1.